The van der Waals surface area contributed by atoms with Gasteiger partial charge in [0.25, 0.3) is 11.7 Å². The summed E-state index contributed by atoms with van der Waals surface area (Å²) < 4.78 is 16.3. The molecule has 3 aromatic carbocycles. The minimum absolute atomic E-state index is 0.0817. The highest BCUT2D eigenvalue weighted by atomic mass is 35.5. The lowest BCUT2D eigenvalue weighted by Gasteiger charge is -2.26. The van der Waals surface area contributed by atoms with Crippen LogP contribution in [0.4, 0.5) is 0 Å². The quantitative estimate of drug-likeness (QED) is 0.212. The topological polar surface area (TPSA) is 106 Å². The van der Waals surface area contributed by atoms with Gasteiger partial charge in [-0.1, -0.05) is 29.8 Å². The zero-order valence-corrected chi connectivity index (χ0v) is 22.0. The maximum atomic E-state index is 13.4. The number of aromatic hydroxyl groups is 1. The molecule has 1 aliphatic rings. The van der Waals surface area contributed by atoms with Crippen LogP contribution in [0, 0.1) is 0 Å². The number of phenolic OH excluding ortho intramolecular Hbond substituents is 1. The molecular weight excluding hydrogens is 510 g/mol. The van der Waals surface area contributed by atoms with Gasteiger partial charge in [0.2, 0.25) is 0 Å². The lowest BCUT2D eigenvalue weighted by molar-refractivity contribution is -0.140. The van der Waals surface area contributed by atoms with Gasteiger partial charge in [0.05, 0.1) is 37.0 Å². The van der Waals surface area contributed by atoms with E-state index in [9.17, 15) is 19.8 Å². The van der Waals surface area contributed by atoms with Crippen LogP contribution in [0.2, 0.25) is 5.02 Å². The number of rotatable bonds is 9. The molecule has 4 rings (SSSR count). The number of phenols is 1. The summed E-state index contributed by atoms with van der Waals surface area (Å²) in [6, 6.07) is 15.4. The van der Waals surface area contributed by atoms with E-state index in [4.69, 9.17) is 25.8 Å². The highest BCUT2D eigenvalue weighted by Gasteiger charge is 2.46. The Hall–Kier alpha value is -4.17. The summed E-state index contributed by atoms with van der Waals surface area (Å²) in [7, 11) is 1.56. The van der Waals surface area contributed by atoms with Crippen molar-refractivity contribution in [2.45, 2.75) is 26.4 Å². The molecule has 1 fully saturated rings. The summed E-state index contributed by atoms with van der Waals surface area (Å²) in [4.78, 5) is 28.1. The average molecular weight is 538 g/mol. The molecule has 3 aromatic rings. The number of benzene rings is 3. The van der Waals surface area contributed by atoms with Gasteiger partial charge >= 0.3 is 0 Å². The summed E-state index contributed by atoms with van der Waals surface area (Å²) in [5.41, 5.74) is 1.42. The first-order valence-electron chi connectivity index (χ1n) is 12.1. The second-order valence-corrected chi connectivity index (χ2v) is 8.92. The fourth-order valence-corrected chi connectivity index (χ4v) is 4.53. The van der Waals surface area contributed by atoms with Gasteiger partial charge in [-0.2, -0.15) is 0 Å². The number of methoxy groups -OCH3 is 1. The van der Waals surface area contributed by atoms with Gasteiger partial charge in [0.15, 0.2) is 11.5 Å². The Labute approximate surface area is 225 Å². The molecule has 0 saturated carbocycles. The molecule has 1 unspecified atom stereocenters. The summed E-state index contributed by atoms with van der Waals surface area (Å²) >= 11 is 6.21. The molecule has 2 N–H and O–H groups in total. The molecule has 1 atom stereocenters. The Morgan fingerprint density at radius 3 is 2.29 bits per heavy atom. The molecule has 0 spiro atoms. The standard InChI is InChI=1S/C29H28ClNO7/c1-4-37-23-15-19(8-12-21(23)30)27(33)25-26(18-9-13-22(32)24(14-18)38-5-2)31(29(35)28(25)34)16-17-6-10-20(36-3)11-7-17/h6-15,26,32-33H,4-5,16H2,1-3H3/b27-25-. The van der Waals surface area contributed by atoms with Crippen LogP contribution in [-0.4, -0.2) is 47.1 Å². The van der Waals surface area contributed by atoms with E-state index in [2.05, 4.69) is 0 Å². The van der Waals surface area contributed by atoms with Crippen LogP contribution in [0.1, 0.15) is 36.6 Å². The average Bonchev–Trinajstić information content (AvgIpc) is 3.16. The number of hydrogen-bond acceptors (Lipinski definition) is 7. The number of aliphatic hydroxyl groups is 1. The highest BCUT2D eigenvalue weighted by Crippen LogP contribution is 2.43. The Bertz CT molecular complexity index is 1380. The number of carbonyl (C=O) groups is 2. The predicted molar refractivity (Wildman–Crippen MR) is 143 cm³/mol. The van der Waals surface area contributed by atoms with E-state index in [0.717, 1.165) is 5.56 Å². The molecule has 198 valence electrons. The van der Waals surface area contributed by atoms with Crippen LogP contribution < -0.4 is 14.2 Å². The van der Waals surface area contributed by atoms with Gasteiger partial charge in [-0.15, -0.1) is 0 Å². The van der Waals surface area contributed by atoms with Crippen molar-refractivity contribution in [2.75, 3.05) is 20.3 Å². The Balaban J connectivity index is 1.87. The molecule has 8 nitrogen and oxygen atoms in total. The molecule has 0 aromatic heterocycles. The van der Waals surface area contributed by atoms with Crippen molar-refractivity contribution in [1.82, 2.24) is 4.90 Å². The first-order valence-corrected chi connectivity index (χ1v) is 12.5. The largest absolute Gasteiger partial charge is 0.507 e. The number of halogens is 1. The number of amides is 1. The van der Waals surface area contributed by atoms with Gasteiger partial charge in [0.1, 0.15) is 17.3 Å². The molecule has 0 aliphatic carbocycles. The molecule has 0 bridgehead atoms. The van der Waals surface area contributed by atoms with Gasteiger partial charge in [-0.05, 0) is 67.4 Å². The van der Waals surface area contributed by atoms with Crippen LogP contribution in [0.3, 0.4) is 0 Å². The van der Waals surface area contributed by atoms with E-state index in [0.29, 0.717) is 35.3 Å². The zero-order valence-electron chi connectivity index (χ0n) is 21.2. The summed E-state index contributed by atoms with van der Waals surface area (Å²) in [5, 5.41) is 22.0. The number of ketones is 1. The second kappa shape index (κ2) is 11.5. The zero-order chi connectivity index (χ0) is 27.4. The minimum atomic E-state index is -0.955. The normalized spacial score (nSPS) is 16.5. The monoisotopic (exact) mass is 537 g/mol. The predicted octanol–water partition coefficient (Wildman–Crippen LogP) is 5.47. The van der Waals surface area contributed by atoms with E-state index in [1.165, 1.54) is 17.0 Å². The second-order valence-electron chi connectivity index (χ2n) is 8.51. The van der Waals surface area contributed by atoms with Gasteiger partial charge in [0, 0.05) is 12.1 Å². The van der Waals surface area contributed by atoms with Crippen LogP contribution >= 0.6 is 11.6 Å². The van der Waals surface area contributed by atoms with Gasteiger partial charge < -0.3 is 29.3 Å². The maximum Gasteiger partial charge on any atom is 0.295 e. The summed E-state index contributed by atoms with van der Waals surface area (Å²) in [6.45, 7) is 4.32. The fraction of sp³-hybridized carbons (Fsp3) is 0.241. The summed E-state index contributed by atoms with van der Waals surface area (Å²) in [5.74, 6) is -0.857. The number of likely N-dealkylation sites (tertiary alicyclic amines) is 1. The number of hydrogen-bond donors (Lipinski definition) is 2. The maximum absolute atomic E-state index is 13.4. The third-order valence-electron chi connectivity index (χ3n) is 6.16. The summed E-state index contributed by atoms with van der Waals surface area (Å²) in [6.07, 6.45) is 0. The Morgan fingerprint density at radius 1 is 0.947 bits per heavy atom. The molecule has 1 saturated heterocycles. The number of Topliss-reactive ketones (excluding diaryl/α,β-unsaturated/α-hetero) is 1. The van der Waals surface area contributed by atoms with E-state index in [1.54, 1.807) is 69.5 Å². The first-order chi connectivity index (χ1) is 18.3. The SMILES string of the molecule is CCOc1cc(C2/C(=C(/O)c3ccc(Cl)c(OCC)c3)C(=O)C(=O)N2Cc2ccc(OC)cc2)ccc1O. The number of carbonyl (C=O) groups excluding carboxylic acids is 2. The lowest BCUT2D eigenvalue weighted by Crippen LogP contribution is -2.29. The van der Waals surface area contributed by atoms with Crippen LogP contribution in [0.15, 0.2) is 66.2 Å². The molecule has 0 radical (unpaired) electrons. The van der Waals surface area contributed by atoms with E-state index < -0.39 is 17.7 Å². The van der Waals surface area contributed by atoms with Crippen LogP contribution in [0.5, 0.6) is 23.0 Å². The highest BCUT2D eigenvalue weighted by molar-refractivity contribution is 6.46. The molecule has 1 aliphatic heterocycles. The van der Waals surface area contributed by atoms with E-state index in [1.807, 2.05) is 0 Å². The number of ether oxygens (including phenoxy) is 3. The minimum Gasteiger partial charge on any atom is -0.507 e. The smallest absolute Gasteiger partial charge is 0.295 e. The lowest BCUT2D eigenvalue weighted by atomic mass is 9.94. The van der Waals surface area contributed by atoms with Crippen molar-refractivity contribution in [3.63, 3.8) is 0 Å². The van der Waals surface area contributed by atoms with Gasteiger partial charge in [-0.25, -0.2) is 0 Å². The molecule has 38 heavy (non-hydrogen) atoms. The third kappa shape index (κ3) is 5.26. The fourth-order valence-electron chi connectivity index (χ4n) is 4.36. The van der Waals surface area contributed by atoms with Crippen LogP contribution in [0.25, 0.3) is 5.76 Å². The first kappa shape index (κ1) is 26.9. The van der Waals surface area contributed by atoms with Crippen molar-refractivity contribution in [3.05, 3.63) is 87.9 Å². The molecule has 1 heterocycles. The number of aliphatic hydroxyl groups excluding tert-OH is 1. The third-order valence-corrected chi connectivity index (χ3v) is 6.47. The molecule has 1 amide bonds. The Kier molecular flexibility index (Phi) is 8.12. The van der Waals surface area contributed by atoms with E-state index in [-0.39, 0.29) is 34.9 Å². The van der Waals surface area contributed by atoms with E-state index >= 15 is 0 Å². The van der Waals surface area contributed by atoms with Crippen molar-refractivity contribution in [2.24, 2.45) is 0 Å². The van der Waals surface area contributed by atoms with Crippen molar-refractivity contribution < 1.29 is 34.0 Å². The molecule has 9 heteroatoms. The Morgan fingerprint density at radius 2 is 1.63 bits per heavy atom. The number of nitrogens with zero attached hydrogens (tertiary/aromatic N) is 1. The van der Waals surface area contributed by atoms with Crippen molar-refractivity contribution in [3.8, 4) is 23.0 Å². The molecular formula is C29H28ClNO7. The van der Waals surface area contributed by atoms with Crippen molar-refractivity contribution in [1.29, 1.82) is 0 Å². The van der Waals surface area contributed by atoms with Crippen molar-refractivity contribution >= 4 is 29.1 Å². The van der Waals surface area contributed by atoms with Gasteiger partial charge in [-0.3, -0.25) is 9.59 Å². The van der Waals surface area contributed by atoms with Crippen LogP contribution in [-0.2, 0) is 16.1 Å².